The van der Waals surface area contributed by atoms with Crippen molar-refractivity contribution in [2.75, 3.05) is 13.1 Å². The zero-order chi connectivity index (χ0) is 18.8. The minimum absolute atomic E-state index is 0.102. The lowest BCUT2D eigenvalue weighted by Crippen LogP contribution is -2.41. The smallest absolute Gasteiger partial charge is 0.407 e. The first-order valence-electron chi connectivity index (χ1n) is 8.27. The number of nitro groups is 1. The Morgan fingerprint density at radius 3 is 2.62 bits per heavy atom. The highest BCUT2D eigenvalue weighted by molar-refractivity contribution is 5.71. The number of carboxylic acid groups (broad SMARTS) is 1. The highest BCUT2D eigenvalue weighted by Crippen LogP contribution is 2.36. The molecule has 2 aromatic rings. The molecule has 0 unspecified atom stereocenters. The second kappa shape index (κ2) is 7.03. The fraction of sp³-hybridized carbons (Fsp3) is 0.412. The van der Waals surface area contributed by atoms with Gasteiger partial charge in [0.25, 0.3) is 0 Å². The van der Waals surface area contributed by atoms with Crippen LogP contribution in [-0.4, -0.2) is 50.0 Å². The standard InChI is InChI=1S/C17H20N4O5/c1-11-7-16(26-13-3-5-20(6-4-13)17(22)23)15(21(24)25)8-14(11)12-9-18-19(2)10-12/h7-10,13H,3-6H2,1-2H3,(H,22,23). The van der Waals surface area contributed by atoms with Crippen molar-refractivity contribution in [3.05, 3.63) is 40.2 Å². The van der Waals surface area contributed by atoms with E-state index < -0.39 is 11.0 Å². The summed E-state index contributed by atoms with van der Waals surface area (Å²) >= 11 is 0. The second-order valence-electron chi connectivity index (χ2n) is 6.38. The predicted molar refractivity (Wildman–Crippen MR) is 93.3 cm³/mol. The average molecular weight is 360 g/mol. The molecule has 1 aliphatic heterocycles. The molecule has 0 saturated carbocycles. The van der Waals surface area contributed by atoms with E-state index in [4.69, 9.17) is 9.84 Å². The number of hydrogen-bond donors (Lipinski definition) is 1. The summed E-state index contributed by atoms with van der Waals surface area (Å²) in [4.78, 5) is 23.4. The van der Waals surface area contributed by atoms with E-state index in [9.17, 15) is 14.9 Å². The molecule has 0 aliphatic carbocycles. The van der Waals surface area contributed by atoms with Crippen molar-refractivity contribution < 1.29 is 19.6 Å². The van der Waals surface area contributed by atoms with Gasteiger partial charge < -0.3 is 14.7 Å². The van der Waals surface area contributed by atoms with Crippen LogP contribution in [0.25, 0.3) is 11.1 Å². The van der Waals surface area contributed by atoms with Crippen molar-refractivity contribution in [3.63, 3.8) is 0 Å². The molecule has 1 aliphatic rings. The highest BCUT2D eigenvalue weighted by atomic mass is 16.6. The third-order valence-corrected chi connectivity index (χ3v) is 4.52. The molecule has 3 rings (SSSR count). The molecule has 9 nitrogen and oxygen atoms in total. The predicted octanol–water partition coefficient (Wildman–Crippen LogP) is 2.82. The first kappa shape index (κ1) is 17.7. The van der Waals surface area contributed by atoms with Crippen molar-refractivity contribution in [3.8, 4) is 16.9 Å². The van der Waals surface area contributed by atoms with Crippen LogP contribution in [0.2, 0.25) is 0 Å². The summed E-state index contributed by atoms with van der Waals surface area (Å²) in [5.41, 5.74) is 2.28. The number of ether oxygens (including phenoxy) is 1. The van der Waals surface area contributed by atoms with Crippen molar-refractivity contribution in [1.82, 2.24) is 14.7 Å². The van der Waals surface area contributed by atoms with Crippen LogP contribution >= 0.6 is 0 Å². The van der Waals surface area contributed by atoms with Crippen LogP contribution in [-0.2, 0) is 7.05 Å². The Balaban J connectivity index is 1.84. The summed E-state index contributed by atoms with van der Waals surface area (Å²) in [7, 11) is 1.79. The molecule has 138 valence electrons. The number of nitro benzene ring substituents is 1. The van der Waals surface area contributed by atoms with Gasteiger partial charge in [-0.25, -0.2) is 4.79 Å². The normalized spacial score (nSPS) is 15.1. The fourth-order valence-corrected chi connectivity index (χ4v) is 3.12. The lowest BCUT2D eigenvalue weighted by molar-refractivity contribution is -0.386. The number of rotatable bonds is 4. The van der Waals surface area contributed by atoms with E-state index in [2.05, 4.69) is 5.10 Å². The van der Waals surface area contributed by atoms with Crippen molar-refractivity contribution in [1.29, 1.82) is 0 Å². The van der Waals surface area contributed by atoms with E-state index in [-0.39, 0.29) is 17.5 Å². The summed E-state index contributed by atoms with van der Waals surface area (Å²) < 4.78 is 7.51. The Kier molecular flexibility index (Phi) is 4.79. The number of amides is 1. The molecule has 0 spiro atoms. The van der Waals surface area contributed by atoms with Gasteiger partial charge in [0, 0.05) is 50.8 Å². The topological polar surface area (TPSA) is 111 Å². The molecule has 0 radical (unpaired) electrons. The maximum Gasteiger partial charge on any atom is 0.407 e. The molecule has 26 heavy (non-hydrogen) atoms. The number of hydrogen-bond acceptors (Lipinski definition) is 5. The Hall–Kier alpha value is -3.10. The van der Waals surface area contributed by atoms with E-state index in [0.29, 0.717) is 25.9 Å². The van der Waals surface area contributed by atoms with Gasteiger partial charge in [-0.1, -0.05) is 0 Å². The molecule has 0 atom stereocenters. The Morgan fingerprint density at radius 2 is 2.08 bits per heavy atom. The molecular formula is C17H20N4O5. The Bertz CT molecular complexity index is 840. The third-order valence-electron chi connectivity index (χ3n) is 4.52. The summed E-state index contributed by atoms with van der Waals surface area (Å²) in [6, 6.07) is 3.18. The van der Waals surface area contributed by atoms with Gasteiger partial charge >= 0.3 is 11.8 Å². The molecule has 1 fully saturated rings. The van der Waals surface area contributed by atoms with Gasteiger partial charge in [-0.3, -0.25) is 14.8 Å². The fourth-order valence-electron chi connectivity index (χ4n) is 3.12. The van der Waals surface area contributed by atoms with Gasteiger partial charge in [0.2, 0.25) is 0 Å². The van der Waals surface area contributed by atoms with E-state index in [1.54, 1.807) is 30.2 Å². The number of piperidine rings is 1. The van der Waals surface area contributed by atoms with Crippen LogP contribution in [0.5, 0.6) is 5.75 Å². The van der Waals surface area contributed by atoms with Crippen LogP contribution in [0.15, 0.2) is 24.5 Å². The van der Waals surface area contributed by atoms with E-state index in [1.807, 2.05) is 6.92 Å². The summed E-state index contributed by atoms with van der Waals surface area (Å²) in [5, 5.41) is 24.6. The van der Waals surface area contributed by atoms with Gasteiger partial charge in [0.15, 0.2) is 5.75 Å². The molecule has 9 heteroatoms. The molecule has 1 N–H and O–H groups in total. The summed E-state index contributed by atoms with van der Waals surface area (Å²) in [6.07, 6.45) is 3.28. The largest absolute Gasteiger partial charge is 0.483 e. The van der Waals surface area contributed by atoms with Gasteiger partial charge in [-0.05, 0) is 24.1 Å². The van der Waals surface area contributed by atoms with Gasteiger partial charge in [-0.15, -0.1) is 0 Å². The quantitative estimate of drug-likeness (QED) is 0.663. The first-order chi connectivity index (χ1) is 12.3. The average Bonchev–Trinajstić information content (AvgIpc) is 3.01. The van der Waals surface area contributed by atoms with Crippen LogP contribution < -0.4 is 4.74 Å². The minimum atomic E-state index is -0.953. The van der Waals surface area contributed by atoms with Crippen molar-refractivity contribution >= 4 is 11.8 Å². The zero-order valence-corrected chi connectivity index (χ0v) is 14.6. The number of benzene rings is 1. The van der Waals surface area contributed by atoms with Crippen molar-refractivity contribution in [2.24, 2.45) is 7.05 Å². The summed E-state index contributed by atoms with van der Waals surface area (Å²) in [6.45, 7) is 2.59. The van der Waals surface area contributed by atoms with Crippen LogP contribution in [0.4, 0.5) is 10.5 Å². The number of nitrogens with zero attached hydrogens (tertiary/aromatic N) is 4. The Labute approximate surface area is 149 Å². The number of likely N-dealkylation sites (tertiary alicyclic amines) is 1. The molecular weight excluding hydrogens is 340 g/mol. The lowest BCUT2D eigenvalue weighted by Gasteiger charge is -2.30. The second-order valence-corrected chi connectivity index (χ2v) is 6.38. The number of carbonyl (C=O) groups is 1. The van der Waals surface area contributed by atoms with Crippen LogP contribution in [0.3, 0.4) is 0 Å². The maximum atomic E-state index is 11.5. The van der Waals surface area contributed by atoms with Crippen molar-refractivity contribution in [2.45, 2.75) is 25.9 Å². The van der Waals surface area contributed by atoms with E-state index >= 15 is 0 Å². The molecule has 2 heterocycles. The number of aromatic nitrogens is 2. The van der Waals surface area contributed by atoms with E-state index in [1.165, 1.54) is 11.0 Å². The van der Waals surface area contributed by atoms with E-state index in [0.717, 1.165) is 16.7 Å². The van der Waals surface area contributed by atoms with Gasteiger partial charge in [-0.2, -0.15) is 5.10 Å². The van der Waals surface area contributed by atoms with Crippen LogP contribution in [0, 0.1) is 17.0 Å². The van der Waals surface area contributed by atoms with Gasteiger partial charge in [0.1, 0.15) is 6.10 Å². The van der Waals surface area contributed by atoms with Crippen LogP contribution in [0.1, 0.15) is 18.4 Å². The molecule has 1 saturated heterocycles. The molecule has 0 bridgehead atoms. The lowest BCUT2D eigenvalue weighted by atomic mass is 10.0. The highest BCUT2D eigenvalue weighted by Gasteiger charge is 2.27. The van der Waals surface area contributed by atoms with Gasteiger partial charge in [0.05, 0.1) is 11.1 Å². The maximum absolute atomic E-state index is 11.5. The number of aryl methyl sites for hydroxylation is 2. The molecule has 1 aromatic heterocycles. The minimum Gasteiger partial charge on any atom is -0.483 e. The molecule has 1 aromatic carbocycles. The summed E-state index contributed by atoms with van der Waals surface area (Å²) in [5.74, 6) is 0.217. The zero-order valence-electron chi connectivity index (χ0n) is 14.6. The first-order valence-corrected chi connectivity index (χ1v) is 8.27. The molecule has 1 amide bonds. The SMILES string of the molecule is Cc1cc(OC2CCN(C(=O)O)CC2)c([N+](=O)[O-])cc1-c1cnn(C)c1. The Morgan fingerprint density at radius 1 is 1.38 bits per heavy atom. The third kappa shape index (κ3) is 3.61. The monoisotopic (exact) mass is 360 g/mol.